The first kappa shape index (κ1) is 33.8. The van der Waals surface area contributed by atoms with Gasteiger partial charge in [-0.05, 0) is 69.0 Å². The van der Waals surface area contributed by atoms with E-state index in [2.05, 4.69) is 38.8 Å². The van der Waals surface area contributed by atoms with Gasteiger partial charge in [0.25, 0.3) is 5.91 Å². The summed E-state index contributed by atoms with van der Waals surface area (Å²) in [7, 11) is 0. The Bertz CT molecular complexity index is 1430. The number of likely N-dealkylation sites (tertiary alicyclic amines) is 1. The minimum Gasteiger partial charge on any atom is -0.394 e. The van der Waals surface area contributed by atoms with E-state index in [4.69, 9.17) is 0 Å². The molecule has 0 radical (unpaired) electrons. The fourth-order valence-electron chi connectivity index (χ4n) is 8.10. The second-order valence-electron chi connectivity index (χ2n) is 12.5. The highest BCUT2D eigenvalue weighted by molar-refractivity contribution is 8.02. The number of nitrogens with zero attached hydrogens (tertiary/aromatic N) is 4. The van der Waals surface area contributed by atoms with Gasteiger partial charge in [0.15, 0.2) is 0 Å². The van der Waals surface area contributed by atoms with Crippen LogP contribution in [0, 0.1) is 17.8 Å². The van der Waals surface area contributed by atoms with Crippen molar-refractivity contribution < 1.29 is 19.5 Å². The Labute approximate surface area is 278 Å². The molecule has 7 atom stereocenters. The van der Waals surface area contributed by atoms with Crippen LogP contribution in [0.2, 0.25) is 0 Å². The zero-order valence-corrected chi connectivity index (χ0v) is 28.4. The van der Waals surface area contributed by atoms with Gasteiger partial charge < -0.3 is 24.7 Å². The molecule has 2 bridgehead atoms. The van der Waals surface area contributed by atoms with Gasteiger partial charge in [0.05, 0.1) is 29.2 Å². The van der Waals surface area contributed by atoms with E-state index in [1.54, 1.807) is 38.6 Å². The predicted molar refractivity (Wildman–Crippen MR) is 188 cm³/mol. The van der Waals surface area contributed by atoms with Gasteiger partial charge in [0.2, 0.25) is 11.8 Å². The maximum atomic E-state index is 15.0. The molecule has 0 saturated carbocycles. The number of thioether (sulfide) groups is 1. The Morgan fingerprint density at radius 2 is 1.52 bits per heavy atom. The number of aliphatic hydroxyl groups excluding tert-OH is 1. The second kappa shape index (κ2) is 14.1. The number of anilines is 3. The highest BCUT2D eigenvalue weighted by Crippen LogP contribution is 2.69. The molecule has 3 aliphatic heterocycles. The summed E-state index contributed by atoms with van der Waals surface area (Å²) in [5.41, 5.74) is 2.55. The topological polar surface area (TPSA) is 84.4 Å². The van der Waals surface area contributed by atoms with Gasteiger partial charge in [0, 0.05) is 48.5 Å². The number of hydrogen-bond donors (Lipinski definition) is 1. The van der Waals surface area contributed by atoms with Gasteiger partial charge >= 0.3 is 0 Å². The van der Waals surface area contributed by atoms with Gasteiger partial charge in [-0.3, -0.25) is 14.4 Å². The van der Waals surface area contributed by atoms with Crippen LogP contribution in [-0.2, 0) is 14.4 Å². The number of benzene rings is 2. The van der Waals surface area contributed by atoms with Crippen molar-refractivity contribution in [3.63, 3.8) is 0 Å². The maximum absolute atomic E-state index is 15.0. The number of fused-ring (bicyclic) bond motifs is 1. The van der Waals surface area contributed by atoms with Crippen LogP contribution in [0.4, 0.5) is 17.1 Å². The lowest BCUT2D eigenvalue weighted by Gasteiger charge is -2.42. The average Bonchev–Trinajstić information content (AvgIpc) is 3.67. The average molecular weight is 645 g/mol. The first-order valence-electron chi connectivity index (χ1n) is 16.6. The highest BCUT2D eigenvalue weighted by Gasteiger charge is 2.77. The minimum atomic E-state index is -0.836. The third-order valence-corrected chi connectivity index (χ3v) is 12.4. The molecule has 3 heterocycles. The molecule has 3 amide bonds. The summed E-state index contributed by atoms with van der Waals surface area (Å²) >= 11 is 1.65. The summed E-state index contributed by atoms with van der Waals surface area (Å²) in [5, 5.41) is 10.4. The SMILES string of the molecule is C=CCN(C(=O)C1N([C@@H](CC)CO)C(=O)[C@@H]2[C@@H](C(=O)N(CC=C)c3ccccc3)[C@H]3CC(C)C12S3)c1ccc(N(CC)CC)cc1. The van der Waals surface area contributed by atoms with Crippen molar-refractivity contribution in [3.05, 3.63) is 79.9 Å². The van der Waals surface area contributed by atoms with Crippen molar-refractivity contribution in [1.82, 2.24) is 4.90 Å². The Kier molecular flexibility index (Phi) is 10.3. The second-order valence-corrected chi connectivity index (χ2v) is 14.1. The Morgan fingerprint density at radius 1 is 0.957 bits per heavy atom. The third kappa shape index (κ3) is 5.45. The van der Waals surface area contributed by atoms with Crippen molar-refractivity contribution >= 4 is 46.5 Å². The molecule has 8 nitrogen and oxygen atoms in total. The van der Waals surface area contributed by atoms with E-state index in [0.717, 1.165) is 36.6 Å². The lowest BCUT2D eigenvalue weighted by Crippen LogP contribution is -2.59. The smallest absolute Gasteiger partial charge is 0.251 e. The molecule has 3 unspecified atom stereocenters. The fraction of sp³-hybridized carbons (Fsp3) is 0.486. The summed E-state index contributed by atoms with van der Waals surface area (Å²) in [4.78, 5) is 51.6. The lowest BCUT2D eigenvalue weighted by atomic mass is 9.65. The molecular weight excluding hydrogens is 596 g/mol. The highest BCUT2D eigenvalue weighted by atomic mass is 32.2. The van der Waals surface area contributed by atoms with Gasteiger partial charge in [-0.2, -0.15) is 0 Å². The number of amides is 3. The zero-order chi connectivity index (χ0) is 33.2. The van der Waals surface area contributed by atoms with Crippen LogP contribution in [0.1, 0.15) is 40.5 Å². The van der Waals surface area contributed by atoms with Crippen molar-refractivity contribution in [2.75, 3.05) is 47.5 Å². The summed E-state index contributed by atoms with van der Waals surface area (Å²) in [6, 6.07) is 16.1. The molecule has 1 N–H and O–H groups in total. The van der Waals surface area contributed by atoms with Crippen LogP contribution in [0.15, 0.2) is 79.9 Å². The van der Waals surface area contributed by atoms with E-state index in [9.17, 15) is 14.7 Å². The van der Waals surface area contributed by atoms with Crippen molar-refractivity contribution in [2.24, 2.45) is 17.8 Å². The Hall–Kier alpha value is -3.56. The normalized spacial score (nSPS) is 26.8. The molecule has 2 aromatic rings. The summed E-state index contributed by atoms with van der Waals surface area (Å²) in [6.45, 7) is 18.2. The molecule has 5 rings (SSSR count). The summed E-state index contributed by atoms with van der Waals surface area (Å²) in [5.74, 6) is -1.78. The molecule has 3 saturated heterocycles. The van der Waals surface area contributed by atoms with Crippen LogP contribution in [0.25, 0.3) is 0 Å². The fourth-order valence-corrected chi connectivity index (χ4v) is 10.5. The van der Waals surface area contributed by atoms with Gasteiger partial charge in [-0.1, -0.05) is 44.2 Å². The van der Waals surface area contributed by atoms with Gasteiger partial charge in [0.1, 0.15) is 6.04 Å². The maximum Gasteiger partial charge on any atom is 0.251 e. The number of carbonyl (C=O) groups is 3. The van der Waals surface area contributed by atoms with Crippen molar-refractivity contribution in [1.29, 1.82) is 0 Å². The number of rotatable bonds is 14. The molecule has 9 heteroatoms. The monoisotopic (exact) mass is 644 g/mol. The van der Waals surface area contributed by atoms with Crippen LogP contribution < -0.4 is 14.7 Å². The Balaban J connectivity index is 1.59. The molecule has 46 heavy (non-hydrogen) atoms. The van der Waals surface area contributed by atoms with E-state index in [0.29, 0.717) is 13.0 Å². The van der Waals surface area contributed by atoms with Crippen LogP contribution in [-0.4, -0.2) is 82.6 Å². The summed E-state index contributed by atoms with van der Waals surface area (Å²) < 4.78 is -0.807. The molecule has 1 spiro atoms. The van der Waals surface area contributed by atoms with E-state index < -0.39 is 28.7 Å². The zero-order valence-electron chi connectivity index (χ0n) is 27.5. The van der Waals surface area contributed by atoms with Crippen LogP contribution in [0.5, 0.6) is 0 Å². The van der Waals surface area contributed by atoms with E-state index >= 15 is 4.79 Å². The summed E-state index contributed by atoms with van der Waals surface area (Å²) in [6.07, 6.45) is 4.63. The molecule has 246 valence electrons. The first-order valence-corrected chi connectivity index (χ1v) is 17.5. The van der Waals surface area contributed by atoms with E-state index in [1.807, 2.05) is 61.5 Å². The van der Waals surface area contributed by atoms with Crippen LogP contribution in [0.3, 0.4) is 0 Å². The number of para-hydroxylation sites is 1. The quantitative estimate of drug-likeness (QED) is 0.278. The van der Waals surface area contributed by atoms with Crippen molar-refractivity contribution in [3.8, 4) is 0 Å². The molecule has 2 aromatic carbocycles. The van der Waals surface area contributed by atoms with Gasteiger partial charge in [-0.25, -0.2) is 0 Å². The van der Waals surface area contributed by atoms with Crippen molar-refractivity contribution in [2.45, 2.75) is 62.6 Å². The molecular formula is C37H48N4O4S. The van der Waals surface area contributed by atoms with E-state index in [1.165, 1.54) is 0 Å². The largest absolute Gasteiger partial charge is 0.394 e. The first-order chi connectivity index (χ1) is 22.2. The number of hydrogen-bond acceptors (Lipinski definition) is 6. The lowest BCUT2D eigenvalue weighted by molar-refractivity contribution is -0.142. The number of aliphatic hydroxyl groups is 1. The predicted octanol–water partition coefficient (Wildman–Crippen LogP) is 5.38. The standard InChI is InChI=1S/C37H48N4O4S/c1-7-21-39(28-15-13-12-14-16-28)34(43)31-30-23-25(6)37(46-30)32(31)35(44)41(26(9-3)24-42)33(37)36(45)40(22-8-2)29-19-17-27(18-20-29)38(10-4)11-5/h7-8,12-20,25-26,30-33,42H,1-2,9-11,21-24H2,3-6H3/t25?,26-,30+,31-,32-,33?,37?/m0/s1. The third-order valence-electron chi connectivity index (χ3n) is 10.3. The van der Waals surface area contributed by atoms with Crippen LogP contribution >= 0.6 is 11.8 Å². The Morgan fingerprint density at radius 3 is 2.07 bits per heavy atom. The van der Waals surface area contributed by atoms with Gasteiger partial charge in [-0.15, -0.1) is 24.9 Å². The molecule has 3 aliphatic rings. The minimum absolute atomic E-state index is 0.0100. The molecule has 3 fully saturated rings. The molecule has 0 aromatic heterocycles. The number of carbonyl (C=O) groups excluding carboxylic acids is 3. The molecule has 0 aliphatic carbocycles. The van der Waals surface area contributed by atoms with E-state index in [-0.39, 0.29) is 42.0 Å².